The SMILES string of the molecule is OB(O)/C=C/Cc1nc2ccccc2s1. The van der Waals surface area contributed by atoms with Gasteiger partial charge >= 0.3 is 7.12 Å². The fraction of sp³-hybridized carbons (Fsp3) is 0.100. The molecule has 0 amide bonds. The van der Waals surface area contributed by atoms with E-state index in [4.69, 9.17) is 10.0 Å². The standard InChI is InChI=1S/C10H10BNO2S/c13-11(14)7-3-6-10-12-8-4-1-2-5-9(8)15-10/h1-5,7,13-14H,6H2/b7-3+. The molecule has 0 saturated heterocycles. The third-order valence-corrected chi connectivity index (χ3v) is 3.00. The topological polar surface area (TPSA) is 53.4 Å². The number of para-hydroxylation sites is 1. The summed E-state index contributed by atoms with van der Waals surface area (Å²) in [6, 6.07) is 7.94. The average molecular weight is 219 g/mol. The molecular formula is C10H10BNO2S. The quantitative estimate of drug-likeness (QED) is 0.767. The molecule has 2 N–H and O–H groups in total. The van der Waals surface area contributed by atoms with Gasteiger partial charge in [0.2, 0.25) is 0 Å². The van der Waals surface area contributed by atoms with E-state index in [0.29, 0.717) is 6.42 Å². The van der Waals surface area contributed by atoms with E-state index >= 15 is 0 Å². The van der Waals surface area contributed by atoms with E-state index in [1.165, 1.54) is 5.98 Å². The minimum Gasteiger partial charge on any atom is -0.424 e. The predicted octanol–water partition coefficient (Wildman–Crippen LogP) is 1.41. The van der Waals surface area contributed by atoms with E-state index in [-0.39, 0.29) is 0 Å². The summed E-state index contributed by atoms with van der Waals surface area (Å²) in [6.45, 7) is 0. The lowest BCUT2D eigenvalue weighted by molar-refractivity contribution is 0.424. The Bertz CT molecular complexity index is 448. The van der Waals surface area contributed by atoms with Crippen LogP contribution in [0.4, 0.5) is 0 Å². The van der Waals surface area contributed by atoms with Crippen molar-refractivity contribution >= 4 is 28.7 Å². The van der Waals surface area contributed by atoms with Crippen molar-refractivity contribution in [3.63, 3.8) is 0 Å². The van der Waals surface area contributed by atoms with Crippen LogP contribution in [0.1, 0.15) is 5.01 Å². The molecule has 1 aromatic heterocycles. The third-order valence-electron chi connectivity index (χ3n) is 1.94. The number of benzene rings is 1. The molecule has 0 saturated carbocycles. The molecule has 0 atom stereocenters. The number of aromatic nitrogens is 1. The van der Waals surface area contributed by atoms with E-state index in [1.54, 1.807) is 17.4 Å². The van der Waals surface area contributed by atoms with Crippen molar-refractivity contribution in [2.45, 2.75) is 6.42 Å². The highest BCUT2D eigenvalue weighted by Gasteiger charge is 2.02. The van der Waals surface area contributed by atoms with Gasteiger partial charge in [0.25, 0.3) is 0 Å². The van der Waals surface area contributed by atoms with Crippen LogP contribution >= 0.6 is 11.3 Å². The highest BCUT2D eigenvalue weighted by atomic mass is 32.1. The predicted molar refractivity (Wildman–Crippen MR) is 62.7 cm³/mol. The maximum atomic E-state index is 8.62. The summed E-state index contributed by atoms with van der Waals surface area (Å²) in [5.41, 5.74) is 0.996. The normalized spacial score (nSPS) is 11.3. The summed E-state index contributed by atoms with van der Waals surface area (Å²) >= 11 is 1.62. The number of thiazole rings is 1. The van der Waals surface area contributed by atoms with E-state index in [1.807, 2.05) is 24.3 Å². The van der Waals surface area contributed by atoms with E-state index in [0.717, 1.165) is 15.2 Å². The highest BCUT2D eigenvalue weighted by Crippen LogP contribution is 2.21. The molecule has 0 spiro atoms. The maximum absolute atomic E-state index is 8.62. The van der Waals surface area contributed by atoms with Crippen molar-refractivity contribution in [1.29, 1.82) is 0 Å². The molecule has 15 heavy (non-hydrogen) atoms. The summed E-state index contributed by atoms with van der Waals surface area (Å²) in [4.78, 5) is 4.41. The summed E-state index contributed by atoms with van der Waals surface area (Å²) in [5, 5.41) is 18.2. The zero-order chi connectivity index (χ0) is 10.7. The van der Waals surface area contributed by atoms with Gasteiger partial charge in [-0.15, -0.1) is 11.3 Å². The molecule has 0 unspecified atom stereocenters. The first-order valence-electron chi connectivity index (χ1n) is 4.63. The molecule has 3 nitrogen and oxygen atoms in total. The van der Waals surface area contributed by atoms with E-state index in [2.05, 4.69) is 4.98 Å². The summed E-state index contributed by atoms with van der Waals surface area (Å²) < 4.78 is 1.16. The minimum atomic E-state index is -1.38. The Hall–Kier alpha value is -1.17. The van der Waals surface area contributed by atoms with Crippen molar-refractivity contribution in [2.24, 2.45) is 0 Å². The first-order chi connectivity index (χ1) is 7.25. The van der Waals surface area contributed by atoms with Gasteiger partial charge in [-0.2, -0.15) is 0 Å². The molecule has 0 aliphatic carbocycles. The summed E-state index contributed by atoms with van der Waals surface area (Å²) in [6.07, 6.45) is 2.35. The van der Waals surface area contributed by atoms with Crippen LogP contribution in [0.5, 0.6) is 0 Å². The Balaban J connectivity index is 2.15. The first kappa shape index (κ1) is 10.4. The zero-order valence-corrected chi connectivity index (χ0v) is 8.81. The molecule has 1 aromatic carbocycles. The summed E-state index contributed by atoms with van der Waals surface area (Å²) in [7, 11) is -1.38. The fourth-order valence-corrected chi connectivity index (χ4v) is 2.24. The second-order valence-electron chi connectivity index (χ2n) is 3.12. The highest BCUT2D eigenvalue weighted by molar-refractivity contribution is 7.18. The number of hydrogen-bond donors (Lipinski definition) is 2. The Labute approximate surface area is 91.9 Å². The van der Waals surface area contributed by atoms with Gasteiger partial charge in [0.1, 0.15) is 0 Å². The van der Waals surface area contributed by atoms with Crippen LogP contribution in [0.25, 0.3) is 10.2 Å². The van der Waals surface area contributed by atoms with Crippen LogP contribution in [-0.2, 0) is 6.42 Å². The van der Waals surface area contributed by atoms with Crippen molar-refractivity contribution < 1.29 is 10.0 Å². The van der Waals surface area contributed by atoms with E-state index in [9.17, 15) is 0 Å². The second kappa shape index (κ2) is 4.57. The Kier molecular flexibility index (Phi) is 3.15. The molecular weight excluding hydrogens is 209 g/mol. The van der Waals surface area contributed by atoms with Gasteiger partial charge in [0.05, 0.1) is 15.2 Å². The van der Waals surface area contributed by atoms with Crippen LogP contribution in [0.15, 0.2) is 36.3 Å². The third kappa shape index (κ3) is 2.65. The van der Waals surface area contributed by atoms with Crippen LogP contribution in [0, 0.1) is 0 Å². The smallest absolute Gasteiger partial charge is 0.424 e. The second-order valence-corrected chi connectivity index (χ2v) is 4.24. The van der Waals surface area contributed by atoms with Gasteiger partial charge in [-0.25, -0.2) is 4.98 Å². The van der Waals surface area contributed by atoms with Gasteiger partial charge in [-0.3, -0.25) is 0 Å². The Morgan fingerprint density at radius 1 is 1.33 bits per heavy atom. The van der Waals surface area contributed by atoms with Crippen molar-refractivity contribution in [3.8, 4) is 0 Å². The lowest BCUT2D eigenvalue weighted by Gasteiger charge is -1.86. The van der Waals surface area contributed by atoms with Gasteiger partial charge < -0.3 is 10.0 Å². The Morgan fingerprint density at radius 3 is 2.87 bits per heavy atom. The lowest BCUT2D eigenvalue weighted by atomic mass is 9.91. The average Bonchev–Trinajstić information content (AvgIpc) is 2.59. The van der Waals surface area contributed by atoms with E-state index < -0.39 is 7.12 Å². The van der Waals surface area contributed by atoms with Gasteiger partial charge in [0.15, 0.2) is 0 Å². The van der Waals surface area contributed by atoms with Crippen molar-refractivity contribution in [3.05, 3.63) is 41.3 Å². The molecule has 2 rings (SSSR count). The largest absolute Gasteiger partial charge is 0.480 e. The van der Waals surface area contributed by atoms with Crippen LogP contribution < -0.4 is 0 Å². The molecule has 0 aliphatic heterocycles. The number of rotatable bonds is 3. The maximum Gasteiger partial charge on any atom is 0.480 e. The zero-order valence-electron chi connectivity index (χ0n) is 8.00. The number of allylic oxidation sites excluding steroid dienone is 1. The molecule has 0 aliphatic rings. The monoisotopic (exact) mass is 219 g/mol. The molecule has 1 heterocycles. The molecule has 5 heteroatoms. The molecule has 0 radical (unpaired) electrons. The van der Waals surface area contributed by atoms with Crippen LogP contribution in [-0.4, -0.2) is 22.2 Å². The molecule has 76 valence electrons. The number of hydrogen-bond acceptors (Lipinski definition) is 4. The van der Waals surface area contributed by atoms with Crippen LogP contribution in [0.3, 0.4) is 0 Å². The number of fused-ring (bicyclic) bond motifs is 1. The van der Waals surface area contributed by atoms with Gasteiger partial charge in [0, 0.05) is 6.42 Å². The fourth-order valence-electron chi connectivity index (χ4n) is 1.30. The van der Waals surface area contributed by atoms with Crippen molar-refractivity contribution in [2.75, 3.05) is 0 Å². The first-order valence-corrected chi connectivity index (χ1v) is 5.44. The lowest BCUT2D eigenvalue weighted by Crippen LogP contribution is -2.05. The number of nitrogens with zero attached hydrogens (tertiary/aromatic N) is 1. The summed E-state index contributed by atoms with van der Waals surface area (Å²) in [5.74, 6) is 1.34. The minimum absolute atomic E-state index is 0.636. The van der Waals surface area contributed by atoms with Crippen molar-refractivity contribution in [1.82, 2.24) is 4.98 Å². The molecule has 0 bridgehead atoms. The van der Waals surface area contributed by atoms with Crippen LogP contribution in [0.2, 0.25) is 0 Å². The molecule has 0 fully saturated rings. The molecule has 2 aromatic rings. The van der Waals surface area contributed by atoms with Gasteiger partial charge in [-0.1, -0.05) is 24.2 Å². The Morgan fingerprint density at radius 2 is 2.13 bits per heavy atom. The van der Waals surface area contributed by atoms with Gasteiger partial charge in [-0.05, 0) is 12.1 Å².